The molecule has 0 atom stereocenters. The Kier molecular flexibility index (Phi) is 6.33. The zero-order chi connectivity index (χ0) is 21.1. The molecule has 1 fully saturated rings. The normalized spacial score (nSPS) is 15.0. The van der Waals surface area contributed by atoms with Crippen LogP contribution in [0.5, 0.6) is 5.75 Å². The molecule has 2 N–H and O–H groups in total. The van der Waals surface area contributed by atoms with E-state index in [1.807, 2.05) is 0 Å². The third-order valence-electron chi connectivity index (χ3n) is 3.92. The number of hydrogen-bond acceptors (Lipinski definition) is 4. The van der Waals surface area contributed by atoms with Crippen molar-refractivity contribution in [3.63, 3.8) is 0 Å². The van der Waals surface area contributed by atoms with E-state index in [9.17, 15) is 18.8 Å². The zero-order valence-corrected chi connectivity index (χ0v) is 17.8. The lowest BCUT2D eigenvalue weighted by Gasteiger charge is -2.12. The summed E-state index contributed by atoms with van der Waals surface area (Å²) in [5, 5.41) is 11.1. The van der Waals surface area contributed by atoms with Gasteiger partial charge < -0.3 is 15.2 Å². The lowest BCUT2D eigenvalue weighted by atomic mass is 10.2. The molecule has 0 aromatic heterocycles. The van der Waals surface area contributed by atoms with Gasteiger partial charge in [0.15, 0.2) is 0 Å². The van der Waals surface area contributed by atoms with Crippen LogP contribution in [0.25, 0.3) is 6.08 Å². The molecular weight excluding hydrogens is 515 g/mol. The molecule has 0 unspecified atom stereocenters. The second-order valence-corrected chi connectivity index (χ2v) is 7.68. The van der Waals surface area contributed by atoms with E-state index < -0.39 is 24.5 Å². The van der Waals surface area contributed by atoms with Crippen molar-refractivity contribution in [1.82, 2.24) is 10.2 Å². The van der Waals surface area contributed by atoms with Crippen molar-refractivity contribution in [3.05, 3.63) is 68.0 Å². The van der Waals surface area contributed by atoms with Gasteiger partial charge in [0.2, 0.25) is 0 Å². The van der Waals surface area contributed by atoms with Gasteiger partial charge in [0.25, 0.3) is 5.91 Å². The van der Waals surface area contributed by atoms with Crippen LogP contribution in [0.15, 0.2) is 51.0 Å². The molecule has 1 aliphatic rings. The first-order valence-electron chi connectivity index (χ1n) is 8.18. The number of benzene rings is 2. The molecule has 3 rings (SSSR count). The highest BCUT2D eigenvalue weighted by Crippen LogP contribution is 2.36. The summed E-state index contributed by atoms with van der Waals surface area (Å²) in [6, 6.07) is 8.76. The molecule has 0 bridgehead atoms. The number of carboxylic acid groups (broad SMARTS) is 1. The fraction of sp³-hybridized carbons (Fsp3) is 0.105. The number of hydrogen-bond donors (Lipinski definition) is 2. The van der Waals surface area contributed by atoms with Gasteiger partial charge in [-0.2, -0.15) is 0 Å². The van der Waals surface area contributed by atoms with Gasteiger partial charge in [-0.25, -0.2) is 14.1 Å². The number of amides is 3. The molecule has 0 radical (unpaired) electrons. The molecule has 0 saturated carbocycles. The van der Waals surface area contributed by atoms with Crippen molar-refractivity contribution >= 4 is 55.8 Å². The molecule has 2 aromatic rings. The highest BCUT2D eigenvalue weighted by Gasteiger charge is 2.34. The van der Waals surface area contributed by atoms with Crippen LogP contribution in [-0.2, 0) is 16.2 Å². The average molecular weight is 528 g/mol. The van der Waals surface area contributed by atoms with Gasteiger partial charge in [0.05, 0.1) is 8.95 Å². The number of carbonyl (C=O) groups excluding carboxylic acids is 2. The Hall–Kier alpha value is -2.72. The summed E-state index contributed by atoms with van der Waals surface area (Å²) in [5.41, 5.74) is 0.896. The maximum atomic E-state index is 13.7. The van der Waals surface area contributed by atoms with E-state index in [1.54, 1.807) is 30.3 Å². The Balaban J connectivity index is 1.80. The van der Waals surface area contributed by atoms with Crippen molar-refractivity contribution in [2.45, 2.75) is 6.61 Å². The Morgan fingerprint density at radius 3 is 2.48 bits per heavy atom. The second-order valence-electron chi connectivity index (χ2n) is 5.97. The van der Waals surface area contributed by atoms with Crippen LogP contribution in [0.2, 0.25) is 0 Å². The maximum absolute atomic E-state index is 13.7. The van der Waals surface area contributed by atoms with E-state index in [-0.39, 0.29) is 18.1 Å². The minimum absolute atomic E-state index is 0.0169. The Labute approximate surface area is 181 Å². The van der Waals surface area contributed by atoms with Crippen LogP contribution < -0.4 is 10.1 Å². The molecule has 2 aromatic carbocycles. The molecule has 3 amide bonds. The van der Waals surface area contributed by atoms with Gasteiger partial charge >= 0.3 is 12.0 Å². The first-order valence-corrected chi connectivity index (χ1v) is 9.76. The summed E-state index contributed by atoms with van der Waals surface area (Å²) in [6.07, 6.45) is 1.41. The number of nitrogens with one attached hydrogen (secondary N) is 1. The molecule has 0 aliphatic carbocycles. The van der Waals surface area contributed by atoms with Crippen LogP contribution in [0.3, 0.4) is 0 Å². The van der Waals surface area contributed by atoms with Gasteiger partial charge in [-0.05, 0) is 61.7 Å². The summed E-state index contributed by atoms with van der Waals surface area (Å²) in [5.74, 6) is -1.96. The molecule has 29 heavy (non-hydrogen) atoms. The van der Waals surface area contributed by atoms with Gasteiger partial charge in [-0.15, -0.1) is 0 Å². The first-order chi connectivity index (χ1) is 13.8. The van der Waals surface area contributed by atoms with Crippen molar-refractivity contribution < 1.29 is 28.6 Å². The lowest BCUT2D eigenvalue weighted by molar-refractivity contribution is -0.140. The standard InChI is InChI=1S/C19H13Br2FN2O5/c20-12-5-10(7-15-18(27)24(8-16(25)26)19(28)23-15)6-13(21)17(12)29-9-11-3-1-2-4-14(11)22/h1-7H,8-9H2,(H,23,28)(H,25,26)/b15-7+. The van der Waals surface area contributed by atoms with Crippen molar-refractivity contribution in [2.75, 3.05) is 6.54 Å². The summed E-state index contributed by atoms with van der Waals surface area (Å²) >= 11 is 6.75. The molecule has 10 heteroatoms. The minimum atomic E-state index is -1.29. The fourth-order valence-electron chi connectivity index (χ4n) is 2.58. The number of halogens is 3. The van der Waals surface area contributed by atoms with E-state index in [4.69, 9.17) is 9.84 Å². The van der Waals surface area contributed by atoms with Gasteiger partial charge in [-0.3, -0.25) is 9.59 Å². The quantitative estimate of drug-likeness (QED) is 0.438. The Morgan fingerprint density at radius 1 is 1.21 bits per heavy atom. The van der Waals surface area contributed by atoms with Crippen LogP contribution in [-0.4, -0.2) is 34.5 Å². The lowest BCUT2D eigenvalue weighted by Crippen LogP contribution is -2.35. The SMILES string of the molecule is O=C(O)CN1C(=O)N/C(=C/c2cc(Br)c(OCc3ccccc3F)c(Br)c2)C1=O. The van der Waals surface area contributed by atoms with E-state index in [2.05, 4.69) is 37.2 Å². The predicted molar refractivity (Wildman–Crippen MR) is 108 cm³/mol. The Morgan fingerprint density at radius 2 is 1.86 bits per heavy atom. The van der Waals surface area contributed by atoms with Crippen LogP contribution in [0.4, 0.5) is 9.18 Å². The average Bonchev–Trinajstić information content (AvgIpc) is 2.89. The maximum Gasteiger partial charge on any atom is 0.329 e. The van der Waals surface area contributed by atoms with Crippen LogP contribution in [0.1, 0.15) is 11.1 Å². The number of urea groups is 1. The second kappa shape index (κ2) is 8.75. The molecule has 1 saturated heterocycles. The topological polar surface area (TPSA) is 95.9 Å². The largest absolute Gasteiger partial charge is 0.486 e. The number of ether oxygens (including phenoxy) is 1. The van der Waals surface area contributed by atoms with Crippen molar-refractivity contribution in [1.29, 1.82) is 0 Å². The predicted octanol–water partition coefficient (Wildman–Crippen LogP) is 3.91. The van der Waals surface area contributed by atoms with Crippen LogP contribution in [0, 0.1) is 5.82 Å². The monoisotopic (exact) mass is 526 g/mol. The minimum Gasteiger partial charge on any atom is -0.486 e. The fourth-order valence-corrected chi connectivity index (χ4v) is 4.03. The summed E-state index contributed by atoms with van der Waals surface area (Å²) < 4.78 is 20.5. The number of nitrogens with zero attached hydrogens (tertiary/aromatic N) is 1. The van der Waals surface area contributed by atoms with E-state index in [1.165, 1.54) is 12.1 Å². The van der Waals surface area contributed by atoms with Gasteiger partial charge in [0, 0.05) is 5.56 Å². The smallest absolute Gasteiger partial charge is 0.329 e. The molecular formula is C19H13Br2FN2O5. The number of imide groups is 1. The van der Waals surface area contributed by atoms with Gasteiger partial charge in [-0.1, -0.05) is 18.2 Å². The molecule has 0 spiro atoms. The summed E-state index contributed by atoms with van der Waals surface area (Å²) in [6.45, 7) is -0.707. The highest BCUT2D eigenvalue weighted by atomic mass is 79.9. The Bertz CT molecular complexity index is 1020. The number of carbonyl (C=O) groups is 3. The number of aliphatic carboxylic acids is 1. The summed E-state index contributed by atoms with van der Waals surface area (Å²) in [4.78, 5) is 35.4. The molecule has 150 valence electrons. The van der Waals surface area contributed by atoms with Crippen LogP contribution >= 0.6 is 31.9 Å². The summed E-state index contributed by atoms with van der Waals surface area (Å²) in [7, 11) is 0. The third-order valence-corrected chi connectivity index (χ3v) is 5.10. The van der Waals surface area contributed by atoms with Crippen molar-refractivity contribution in [3.8, 4) is 5.75 Å². The van der Waals surface area contributed by atoms with E-state index in [0.717, 1.165) is 0 Å². The highest BCUT2D eigenvalue weighted by molar-refractivity contribution is 9.11. The van der Waals surface area contributed by atoms with Gasteiger partial charge in [0.1, 0.15) is 30.4 Å². The third kappa shape index (κ3) is 4.83. The van der Waals surface area contributed by atoms with E-state index in [0.29, 0.717) is 30.7 Å². The first kappa shape index (κ1) is 21.0. The molecule has 1 heterocycles. The number of rotatable bonds is 6. The molecule has 7 nitrogen and oxygen atoms in total. The van der Waals surface area contributed by atoms with Crippen molar-refractivity contribution in [2.24, 2.45) is 0 Å². The van der Waals surface area contributed by atoms with E-state index >= 15 is 0 Å². The number of carboxylic acids is 1. The zero-order valence-electron chi connectivity index (χ0n) is 14.6. The molecule has 1 aliphatic heterocycles.